The van der Waals surface area contributed by atoms with Crippen LogP contribution in [0, 0.1) is 5.92 Å². The molecule has 3 aromatic heterocycles. The standard InChI is InChI=1S/C15H16N4O3S2/c20-24(21)6-4-11(10-24)7-14-17-18-15(22-14)23-9-12-8-19-5-2-1-3-13(19)16-12/h1-3,5,8,11H,4,6-7,9-10H2. The summed E-state index contributed by atoms with van der Waals surface area (Å²) in [6.45, 7) is 0. The molecular weight excluding hydrogens is 348 g/mol. The summed E-state index contributed by atoms with van der Waals surface area (Å²) in [5.74, 6) is 1.72. The molecule has 1 aliphatic rings. The van der Waals surface area contributed by atoms with Gasteiger partial charge in [0.2, 0.25) is 5.89 Å². The summed E-state index contributed by atoms with van der Waals surface area (Å²) in [7, 11) is -2.87. The fourth-order valence-corrected chi connectivity index (χ4v) is 5.38. The largest absolute Gasteiger partial charge is 0.416 e. The van der Waals surface area contributed by atoms with Crippen LogP contribution in [0.3, 0.4) is 0 Å². The first-order chi connectivity index (χ1) is 11.6. The lowest BCUT2D eigenvalue weighted by Gasteiger charge is -2.01. The highest BCUT2D eigenvalue weighted by molar-refractivity contribution is 7.98. The van der Waals surface area contributed by atoms with Crippen LogP contribution in [0.2, 0.25) is 0 Å². The van der Waals surface area contributed by atoms with Crippen molar-refractivity contribution >= 4 is 27.2 Å². The number of thioether (sulfide) groups is 1. The fourth-order valence-electron chi connectivity index (χ4n) is 2.85. The Balaban J connectivity index is 1.37. The van der Waals surface area contributed by atoms with Gasteiger partial charge in [-0.05, 0) is 24.5 Å². The molecule has 1 unspecified atom stereocenters. The van der Waals surface area contributed by atoms with Crippen LogP contribution in [0.15, 0.2) is 40.2 Å². The molecule has 0 spiro atoms. The van der Waals surface area contributed by atoms with Crippen molar-refractivity contribution in [2.45, 2.75) is 23.8 Å². The molecule has 0 aromatic carbocycles. The molecule has 24 heavy (non-hydrogen) atoms. The molecule has 0 radical (unpaired) electrons. The Hall–Kier alpha value is -1.87. The Morgan fingerprint density at radius 3 is 3.04 bits per heavy atom. The number of aromatic nitrogens is 4. The number of rotatable bonds is 5. The highest BCUT2D eigenvalue weighted by Crippen LogP contribution is 2.25. The number of imidazole rings is 1. The van der Waals surface area contributed by atoms with Gasteiger partial charge in [-0.15, -0.1) is 10.2 Å². The molecule has 1 saturated heterocycles. The minimum Gasteiger partial charge on any atom is -0.416 e. The van der Waals surface area contributed by atoms with Crippen LogP contribution in [-0.4, -0.2) is 39.5 Å². The van der Waals surface area contributed by atoms with Crippen LogP contribution in [0.25, 0.3) is 5.65 Å². The molecule has 1 fully saturated rings. The van der Waals surface area contributed by atoms with E-state index in [4.69, 9.17) is 4.42 Å². The molecule has 4 heterocycles. The summed E-state index contributed by atoms with van der Waals surface area (Å²) < 4.78 is 30.6. The normalized spacial score (nSPS) is 19.9. The van der Waals surface area contributed by atoms with Gasteiger partial charge < -0.3 is 8.82 Å². The van der Waals surface area contributed by atoms with Crippen LogP contribution in [-0.2, 0) is 22.0 Å². The van der Waals surface area contributed by atoms with Gasteiger partial charge in [0, 0.05) is 24.6 Å². The van der Waals surface area contributed by atoms with E-state index in [2.05, 4.69) is 15.2 Å². The Morgan fingerprint density at radius 1 is 1.33 bits per heavy atom. The second-order valence-corrected chi connectivity index (χ2v) is 9.08. The first kappa shape index (κ1) is 15.6. The summed E-state index contributed by atoms with van der Waals surface area (Å²) in [4.78, 5) is 4.52. The molecule has 0 saturated carbocycles. The second kappa shape index (κ2) is 6.21. The number of hydrogen-bond donors (Lipinski definition) is 0. The Bertz CT molecular complexity index is 931. The lowest BCUT2D eigenvalue weighted by Crippen LogP contribution is -2.07. The van der Waals surface area contributed by atoms with E-state index in [0.29, 0.717) is 29.7 Å². The lowest BCUT2D eigenvalue weighted by atomic mass is 10.1. The van der Waals surface area contributed by atoms with E-state index in [9.17, 15) is 8.42 Å². The van der Waals surface area contributed by atoms with Gasteiger partial charge in [0.05, 0.1) is 17.2 Å². The minimum absolute atomic E-state index is 0.0896. The van der Waals surface area contributed by atoms with Crippen molar-refractivity contribution in [1.29, 1.82) is 0 Å². The fraction of sp³-hybridized carbons (Fsp3) is 0.400. The van der Waals surface area contributed by atoms with E-state index in [-0.39, 0.29) is 17.4 Å². The predicted octanol–water partition coefficient (Wildman–Crippen LogP) is 1.99. The van der Waals surface area contributed by atoms with Crippen LogP contribution >= 0.6 is 11.8 Å². The van der Waals surface area contributed by atoms with Crippen molar-refractivity contribution in [3.05, 3.63) is 42.2 Å². The van der Waals surface area contributed by atoms with Crippen molar-refractivity contribution in [3.8, 4) is 0 Å². The Kier molecular flexibility index (Phi) is 4.05. The Labute approximate surface area is 143 Å². The van der Waals surface area contributed by atoms with Crippen molar-refractivity contribution in [2.24, 2.45) is 5.92 Å². The monoisotopic (exact) mass is 364 g/mol. The van der Waals surface area contributed by atoms with Crippen LogP contribution in [0.1, 0.15) is 18.0 Å². The van der Waals surface area contributed by atoms with Crippen LogP contribution in [0.5, 0.6) is 0 Å². The zero-order valence-corrected chi connectivity index (χ0v) is 14.5. The van der Waals surface area contributed by atoms with E-state index in [0.717, 1.165) is 11.3 Å². The molecule has 3 aromatic rings. The van der Waals surface area contributed by atoms with E-state index in [1.54, 1.807) is 0 Å². The van der Waals surface area contributed by atoms with Gasteiger partial charge in [-0.3, -0.25) is 0 Å². The third-order valence-electron chi connectivity index (χ3n) is 4.00. The number of hydrogen-bond acceptors (Lipinski definition) is 7. The SMILES string of the molecule is O=S1(=O)CCC(Cc2nnc(SCc3cn4ccccc4n3)o2)C1. The molecule has 0 aliphatic carbocycles. The minimum atomic E-state index is -2.87. The first-order valence-electron chi connectivity index (χ1n) is 7.66. The summed E-state index contributed by atoms with van der Waals surface area (Å²) in [6.07, 6.45) is 5.13. The average Bonchev–Trinajstić information content (AvgIpc) is 3.24. The first-order valence-corrected chi connectivity index (χ1v) is 10.5. The molecular formula is C15H16N4O3S2. The predicted molar refractivity (Wildman–Crippen MR) is 89.5 cm³/mol. The van der Waals surface area contributed by atoms with Gasteiger partial charge in [0.15, 0.2) is 9.84 Å². The third kappa shape index (κ3) is 3.46. The summed E-state index contributed by atoms with van der Waals surface area (Å²) in [6, 6.07) is 5.86. The topological polar surface area (TPSA) is 90.4 Å². The molecule has 0 bridgehead atoms. The number of pyridine rings is 1. The summed E-state index contributed by atoms with van der Waals surface area (Å²) in [5, 5.41) is 8.54. The van der Waals surface area contributed by atoms with E-state index < -0.39 is 9.84 Å². The van der Waals surface area contributed by atoms with Gasteiger partial charge >= 0.3 is 0 Å². The smallest absolute Gasteiger partial charge is 0.276 e. The van der Waals surface area contributed by atoms with Gasteiger partial charge in [-0.25, -0.2) is 13.4 Å². The molecule has 4 rings (SSSR count). The van der Waals surface area contributed by atoms with Crippen LogP contribution in [0.4, 0.5) is 0 Å². The molecule has 0 N–H and O–H groups in total. The lowest BCUT2D eigenvalue weighted by molar-refractivity contribution is 0.389. The zero-order chi connectivity index (χ0) is 16.6. The molecule has 7 nitrogen and oxygen atoms in total. The third-order valence-corrected chi connectivity index (χ3v) is 6.68. The number of nitrogens with zero attached hydrogens (tertiary/aromatic N) is 4. The number of fused-ring (bicyclic) bond motifs is 1. The maximum absolute atomic E-state index is 11.5. The summed E-state index contributed by atoms with van der Waals surface area (Å²) in [5.41, 5.74) is 1.84. The van der Waals surface area contributed by atoms with Crippen molar-refractivity contribution in [2.75, 3.05) is 11.5 Å². The van der Waals surface area contributed by atoms with Crippen molar-refractivity contribution in [3.63, 3.8) is 0 Å². The highest BCUT2D eigenvalue weighted by Gasteiger charge is 2.29. The Morgan fingerprint density at radius 2 is 2.25 bits per heavy atom. The molecule has 0 amide bonds. The highest BCUT2D eigenvalue weighted by atomic mass is 32.2. The zero-order valence-electron chi connectivity index (χ0n) is 12.8. The average molecular weight is 364 g/mol. The van der Waals surface area contributed by atoms with Gasteiger partial charge in [-0.2, -0.15) is 0 Å². The maximum Gasteiger partial charge on any atom is 0.276 e. The quantitative estimate of drug-likeness (QED) is 0.639. The van der Waals surface area contributed by atoms with E-state index in [1.165, 1.54) is 11.8 Å². The molecule has 126 valence electrons. The number of sulfone groups is 1. The van der Waals surface area contributed by atoms with Gasteiger partial charge in [0.25, 0.3) is 5.22 Å². The van der Waals surface area contributed by atoms with Crippen LogP contribution < -0.4 is 0 Å². The van der Waals surface area contributed by atoms with Crippen molar-refractivity contribution in [1.82, 2.24) is 19.6 Å². The molecule has 9 heteroatoms. The molecule has 1 aliphatic heterocycles. The van der Waals surface area contributed by atoms with E-state index in [1.807, 2.05) is 35.0 Å². The second-order valence-electron chi connectivity index (χ2n) is 5.92. The van der Waals surface area contributed by atoms with Crippen molar-refractivity contribution < 1.29 is 12.8 Å². The van der Waals surface area contributed by atoms with Gasteiger partial charge in [0.1, 0.15) is 5.65 Å². The van der Waals surface area contributed by atoms with E-state index >= 15 is 0 Å². The van der Waals surface area contributed by atoms with Gasteiger partial charge in [-0.1, -0.05) is 17.8 Å². The molecule has 1 atom stereocenters. The maximum atomic E-state index is 11.5. The summed E-state index contributed by atoms with van der Waals surface area (Å²) >= 11 is 1.43.